The van der Waals surface area contributed by atoms with E-state index in [0.717, 1.165) is 25.0 Å². The van der Waals surface area contributed by atoms with Crippen molar-refractivity contribution in [2.24, 2.45) is 17.8 Å². The summed E-state index contributed by atoms with van der Waals surface area (Å²) >= 11 is 6.11. The number of hydrogen-bond acceptors (Lipinski definition) is 4. The van der Waals surface area contributed by atoms with Gasteiger partial charge in [0.15, 0.2) is 0 Å². The minimum atomic E-state index is -0.216. The van der Waals surface area contributed by atoms with Crippen LogP contribution >= 0.6 is 11.6 Å². The van der Waals surface area contributed by atoms with E-state index in [1.807, 2.05) is 13.8 Å². The lowest BCUT2D eigenvalue weighted by Crippen LogP contribution is -2.48. The molecule has 6 nitrogen and oxygen atoms in total. The van der Waals surface area contributed by atoms with E-state index >= 15 is 0 Å². The number of ether oxygens (including phenoxy) is 1. The molecule has 0 radical (unpaired) electrons. The number of nitrogens with zero attached hydrogens (tertiary/aromatic N) is 2. The topological polar surface area (TPSA) is 73.2 Å². The lowest BCUT2D eigenvalue weighted by molar-refractivity contribution is -0.148. The van der Waals surface area contributed by atoms with Gasteiger partial charge in [0.2, 0.25) is 5.91 Å². The smallest absolute Gasteiger partial charge is 0.311 e. The third kappa shape index (κ3) is 2.84. The molecule has 2 aliphatic carbocycles. The van der Waals surface area contributed by atoms with E-state index in [-0.39, 0.29) is 30.4 Å². The molecule has 4 atom stereocenters. The number of methoxy groups -OCH3 is 1. The van der Waals surface area contributed by atoms with Gasteiger partial charge < -0.3 is 10.1 Å². The molecular formula is C16H22ClN3O3. The first kappa shape index (κ1) is 16.3. The highest BCUT2D eigenvalue weighted by Gasteiger charge is 2.51. The van der Waals surface area contributed by atoms with Crippen LogP contribution in [0.15, 0.2) is 0 Å². The summed E-state index contributed by atoms with van der Waals surface area (Å²) in [5.74, 6) is 0.139. The summed E-state index contributed by atoms with van der Waals surface area (Å²) in [4.78, 5) is 24.5. The van der Waals surface area contributed by atoms with E-state index in [4.69, 9.17) is 16.3 Å². The first-order valence-corrected chi connectivity index (χ1v) is 8.36. The largest absolute Gasteiger partial charge is 0.469 e. The lowest BCUT2D eigenvalue weighted by atomic mass is 9.84. The van der Waals surface area contributed by atoms with Gasteiger partial charge in [0, 0.05) is 6.04 Å². The van der Waals surface area contributed by atoms with Gasteiger partial charge in [-0.05, 0) is 44.9 Å². The van der Waals surface area contributed by atoms with E-state index in [1.54, 1.807) is 4.68 Å². The van der Waals surface area contributed by atoms with Crippen LogP contribution in [0.2, 0.25) is 5.02 Å². The molecule has 1 amide bonds. The van der Waals surface area contributed by atoms with Gasteiger partial charge in [0.1, 0.15) is 6.54 Å². The Morgan fingerprint density at radius 2 is 2.04 bits per heavy atom. The third-order valence-corrected chi connectivity index (χ3v) is 5.85. The van der Waals surface area contributed by atoms with Gasteiger partial charge in [-0.15, -0.1) is 0 Å². The highest BCUT2D eigenvalue weighted by atomic mass is 35.5. The Morgan fingerprint density at radius 1 is 1.35 bits per heavy atom. The first-order valence-electron chi connectivity index (χ1n) is 7.99. The van der Waals surface area contributed by atoms with Crippen molar-refractivity contribution >= 4 is 23.5 Å². The second-order valence-electron chi connectivity index (χ2n) is 6.62. The summed E-state index contributed by atoms with van der Waals surface area (Å²) in [6.45, 7) is 3.76. The van der Waals surface area contributed by atoms with Gasteiger partial charge in [-0.1, -0.05) is 11.6 Å². The third-order valence-electron chi connectivity index (χ3n) is 5.30. The Kier molecular flexibility index (Phi) is 4.36. The number of aromatic nitrogens is 2. The number of halogens is 1. The SMILES string of the molecule is COC(=O)C1C2CCC(C2)C1NC(=O)Cn1nc(C)c(Cl)c1C. The summed E-state index contributed by atoms with van der Waals surface area (Å²) in [7, 11) is 1.41. The average Bonchev–Trinajstić information content (AvgIpc) is 3.18. The number of aryl methyl sites for hydroxylation is 1. The quantitative estimate of drug-likeness (QED) is 0.850. The zero-order valence-electron chi connectivity index (χ0n) is 13.6. The summed E-state index contributed by atoms with van der Waals surface area (Å²) in [6, 6.07) is -0.124. The van der Waals surface area contributed by atoms with E-state index in [1.165, 1.54) is 7.11 Å². The Balaban J connectivity index is 1.69. The summed E-state index contributed by atoms with van der Waals surface area (Å²) in [5.41, 5.74) is 1.49. The molecule has 2 bridgehead atoms. The van der Waals surface area contributed by atoms with Crippen molar-refractivity contribution < 1.29 is 14.3 Å². The van der Waals surface area contributed by atoms with Crippen molar-refractivity contribution in [1.29, 1.82) is 0 Å². The summed E-state index contributed by atoms with van der Waals surface area (Å²) in [5, 5.41) is 7.90. The Bertz CT molecular complexity index is 643. The fourth-order valence-corrected chi connectivity index (χ4v) is 4.31. The normalized spacial score (nSPS) is 28.9. The van der Waals surface area contributed by atoms with Crippen LogP contribution in [0, 0.1) is 31.6 Å². The molecule has 126 valence electrons. The number of fused-ring (bicyclic) bond motifs is 2. The van der Waals surface area contributed by atoms with Crippen LogP contribution in [0.3, 0.4) is 0 Å². The van der Waals surface area contributed by atoms with Crippen molar-refractivity contribution in [2.45, 2.75) is 45.7 Å². The number of amides is 1. The maximum absolute atomic E-state index is 12.4. The molecule has 7 heteroatoms. The highest BCUT2D eigenvalue weighted by Crippen LogP contribution is 2.48. The minimum absolute atomic E-state index is 0.112. The average molecular weight is 340 g/mol. The predicted octanol–water partition coefficient (Wildman–Crippen LogP) is 1.86. The van der Waals surface area contributed by atoms with Crippen LogP contribution < -0.4 is 5.32 Å². The van der Waals surface area contributed by atoms with Crippen LogP contribution in [-0.2, 0) is 20.9 Å². The molecule has 1 aromatic heterocycles. The molecule has 3 rings (SSSR count). The number of rotatable bonds is 4. The van der Waals surface area contributed by atoms with Crippen LogP contribution in [0.5, 0.6) is 0 Å². The molecule has 2 aliphatic rings. The zero-order valence-corrected chi connectivity index (χ0v) is 14.4. The molecule has 1 N–H and O–H groups in total. The molecule has 0 aromatic carbocycles. The number of carbonyl (C=O) groups excluding carboxylic acids is 2. The van der Waals surface area contributed by atoms with Crippen molar-refractivity contribution in [3.8, 4) is 0 Å². The maximum Gasteiger partial charge on any atom is 0.311 e. The van der Waals surface area contributed by atoms with Gasteiger partial charge in [0.05, 0.1) is 29.4 Å². The number of hydrogen-bond donors (Lipinski definition) is 1. The van der Waals surface area contributed by atoms with Crippen molar-refractivity contribution in [3.63, 3.8) is 0 Å². The van der Waals surface area contributed by atoms with Gasteiger partial charge >= 0.3 is 5.97 Å². The molecule has 1 aromatic rings. The Hall–Kier alpha value is -1.56. The molecule has 2 fully saturated rings. The van der Waals surface area contributed by atoms with Crippen LogP contribution in [0.1, 0.15) is 30.7 Å². The first-order chi connectivity index (χ1) is 10.9. The van der Waals surface area contributed by atoms with Crippen molar-refractivity contribution in [3.05, 3.63) is 16.4 Å². The van der Waals surface area contributed by atoms with Gasteiger partial charge in [-0.3, -0.25) is 14.3 Å². The molecule has 0 saturated heterocycles. The van der Waals surface area contributed by atoms with Crippen LogP contribution in [0.25, 0.3) is 0 Å². The highest BCUT2D eigenvalue weighted by molar-refractivity contribution is 6.31. The molecular weight excluding hydrogens is 318 g/mol. The molecule has 4 unspecified atom stereocenters. The van der Waals surface area contributed by atoms with E-state index in [2.05, 4.69) is 10.4 Å². The number of esters is 1. The standard InChI is InChI=1S/C16H22ClN3O3/c1-8-14(17)9(2)20(19-8)7-12(21)18-15-11-5-4-10(6-11)13(15)16(22)23-3/h10-11,13,15H,4-7H2,1-3H3,(H,18,21). The maximum atomic E-state index is 12.4. The van der Waals surface area contributed by atoms with E-state index in [9.17, 15) is 9.59 Å². The fourth-order valence-electron chi connectivity index (χ4n) is 4.17. The van der Waals surface area contributed by atoms with Crippen molar-refractivity contribution in [2.75, 3.05) is 7.11 Å². The molecule has 1 heterocycles. The van der Waals surface area contributed by atoms with E-state index in [0.29, 0.717) is 22.6 Å². The van der Waals surface area contributed by atoms with Gasteiger partial charge in [-0.25, -0.2) is 0 Å². The summed E-state index contributed by atoms with van der Waals surface area (Å²) in [6.07, 6.45) is 3.11. The lowest BCUT2D eigenvalue weighted by Gasteiger charge is -2.29. The molecule has 0 spiro atoms. The van der Waals surface area contributed by atoms with E-state index < -0.39 is 0 Å². The Labute approximate surface area is 140 Å². The fraction of sp³-hybridized carbons (Fsp3) is 0.688. The predicted molar refractivity (Wildman–Crippen MR) is 85.0 cm³/mol. The monoisotopic (exact) mass is 339 g/mol. The minimum Gasteiger partial charge on any atom is -0.469 e. The zero-order chi connectivity index (χ0) is 16.7. The van der Waals surface area contributed by atoms with Crippen LogP contribution in [-0.4, -0.2) is 34.8 Å². The van der Waals surface area contributed by atoms with Crippen molar-refractivity contribution in [1.82, 2.24) is 15.1 Å². The van der Waals surface area contributed by atoms with Gasteiger partial charge in [-0.2, -0.15) is 5.10 Å². The molecule has 23 heavy (non-hydrogen) atoms. The second-order valence-corrected chi connectivity index (χ2v) is 7.00. The number of carbonyl (C=O) groups is 2. The van der Waals surface area contributed by atoms with Crippen LogP contribution in [0.4, 0.5) is 0 Å². The summed E-state index contributed by atoms with van der Waals surface area (Å²) < 4.78 is 6.53. The molecule has 2 saturated carbocycles. The number of nitrogens with one attached hydrogen (secondary N) is 1. The van der Waals surface area contributed by atoms with Gasteiger partial charge in [0.25, 0.3) is 0 Å². The Morgan fingerprint density at radius 3 is 2.65 bits per heavy atom. The molecule has 0 aliphatic heterocycles. The second kappa shape index (κ2) is 6.15.